The number of ether oxygens (including phenoxy) is 1. The number of carbonyl (C=O) groups is 1. The zero-order chi connectivity index (χ0) is 19.2. The van der Waals surface area contributed by atoms with Crippen molar-refractivity contribution in [1.29, 1.82) is 0 Å². The molecular weight excluding hydrogens is 338 g/mol. The highest BCUT2D eigenvalue weighted by Gasteiger charge is 2.31. The smallest absolute Gasteiger partial charge is 0.246 e. The number of benzene rings is 1. The second kappa shape index (κ2) is 9.36. The van der Waals surface area contributed by atoms with Crippen LogP contribution in [-0.2, 0) is 16.0 Å². The molecule has 1 aromatic carbocycles. The van der Waals surface area contributed by atoms with Crippen LogP contribution in [0.5, 0.6) is 0 Å². The summed E-state index contributed by atoms with van der Waals surface area (Å²) in [5.41, 5.74) is 2.05. The molecular formula is C22H33N3O2. The molecule has 5 heteroatoms. The minimum absolute atomic E-state index is 0.0136. The first-order chi connectivity index (χ1) is 13.0. The monoisotopic (exact) mass is 371 g/mol. The van der Waals surface area contributed by atoms with Crippen molar-refractivity contribution in [1.82, 2.24) is 15.3 Å². The van der Waals surface area contributed by atoms with Crippen LogP contribution in [0.15, 0.2) is 24.3 Å². The van der Waals surface area contributed by atoms with E-state index in [1.54, 1.807) is 0 Å². The van der Waals surface area contributed by atoms with Crippen LogP contribution in [0.2, 0.25) is 0 Å². The Kier molecular flexibility index (Phi) is 6.89. The molecule has 2 aromatic rings. The van der Waals surface area contributed by atoms with Gasteiger partial charge in [0.25, 0.3) is 0 Å². The fourth-order valence-corrected chi connectivity index (χ4v) is 4.15. The lowest BCUT2D eigenvalue weighted by Crippen LogP contribution is -2.37. The average molecular weight is 372 g/mol. The lowest BCUT2D eigenvalue weighted by atomic mass is 9.75. The molecule has 2 N–H and O–H groups in total. The van der Waals surface area contributed by atoms with Crippen molar-refractivity contribution in [3.05, 3.63) is 30.1 Å². The molecule has 1 fully saturated rings. The Balaban J connectivity index is 1.36. The molecule has 5 nitrogen and oxygen atoms in total. The quantitative estimate of drug-likeness (QED) is 0.687. The first-order valence-corrected chi connectivity index (χ1v) is 10.3. The Morgan fingerprint density at radius 3 is 2.93 bits per heavy atom. The third-order valence-electron chi connectivity index (χ3n) is 5.74. The van der Waals surface area contributed by atoms with Gasteiger partial charge in [0.15, 0.2) is 0 Å². The van der Waals surface area contributed by atoms with Crippen molar-refractivity contribution >= 4 is 16.9 Å². The number of para-hydroxylation sites is 2. The number of imidazole rings is 1. The first kappa shape index (κ1) is 19.9. The minimum Gasteiger partial charge on any atom is -0.368 e. The van der Waals surface area contributed by atoms with Crippen LogP contribution in [0, 0.1) is 17.8 Å². The van der Waals surface area contributed by atoms with E-state index in [0.29, 0.717) is 24.3 Å². The molecule has 3 atom stereocenters. The molecule has 1 aliphatic rings. The van der Waals surface area contributed by atoms with E-state index in [4.69, 9.17) is 4.74 Å². The number of aromatic nitrogens is 2. The summed E-state index contributed by atoms with van der Waals surface area (Å²) >= 11 is 0. The number of rotatable bonds is 8. The summed E-state index contributed by atoms with van der Waals surface area (Å²) in [6, 6.07) is 8.03. The summed E-state index contributed by atoms with van der Waals surface area (Å²) in [5.74, 6) is 2.83. The molecule has 0 spiro atoms. The molecule has 1 aromatic heterocycles. The Labute approximate surface area is 162 Å². The second-order valence-electron chi connectivity index (χ2n) is 8.33. The summed E-state index contributed by atoms with van der Waals surface area (Å²) in [7, 11) is 0. The van der Waals surface area contributed by atoms with Gasteiger partial charge in [0.05, 0.1) is 17.1 Å². The van der Waals surface area contributed by atoms with Crippen molar-refractivity contribution < 1.29 is 9.53 Å². The average Bonchev–Trinajstić information content (AvgIpc) is 3.06. The number of aryl methyl sites for hydroxylation is 1. The molecule has 1 saturated carbocycles. The zero-order valence-electron chi connectivity index (χ0n) is 16.8. The van der Waals surface area contributed by atoms with Crippen LogP contribution in [0.1, 0.15) is 52.3 Å². The number of nitrogens with zero attached hydrogens (tertiary/aromatic N) is 1. The predicted octanol–water partition coefficient (Wildman–Crippen LogP) is 4.09. The molecule has 1 amide bonds. The highest BCUT2D eigenvalue weighted by Crippen LogP contribution is 2.35. The number of nitrogens with one attached hydrogen (secondary N) is 2. The largest absolute Gasteiger partial charge is 0.368 e. The number of hydrogen-bond donors (Lipinski definition) is 2. The summed E-state index contributed by atoms with van der Waals surface area (Å²) in [6.45, 7) is 7.62. The molecule has 0 aliphatic heterocycles. The molecule has 148 valence electrons. The maximum absolute atomic E-state index is 12.1. The number of hydrogen-bond acceptors (Lipinski definition) is 3. The maximum Gasteiger partial charge on any atom is 0.246 e. The van der Waals surface area contributed by atoms with Gasteiger partial charge in [-0.25, -0.2) is 4.98 Å². The minimum atomic E-state index is -0.0136. The van der Waals surface area contributed by atoms with Crippen molar-refractivity contribution in [3.8, 4) is 0 Å². The summed E-state index contributed by atoms with van der Waals surface area (Å²) < 4.78 is 6.01. The topological polar surface area (TPSA) is 67.0 Å². The van der Waals surface area contributed by atoms with E-state index in [2.05, 4.69) is 36.1 Å². The standard InChI is InChI=1S/C22H33N3O2/c1-15(2)17-11-10-16(3)13-20(17)27-14-22(26)23-12-6-9-21-24-18-7-4-5-8-19(18)25-21/h4-5,7-8,15-17,20H,6,9-14H2,1-3H3,(H,23,26)(H,24,25). The van der Waals surface area contributed by atoms with Gasteiger partial charge in [-0.1, -0.05) is 39.3 Å². The van der Waals surface area contributed by atoms with Gasteiger partial charge in [0.1, 0.15) is 12.4 Å². The Bertz CT molecular complexity index is 707. The maximum atomic E-state index is 12.1. The van der Waals surface area contributed by atoms with E-state index in [-0.39, 0.29) is 18.6 Å². The fraction of sp³-hybridized carbons (Fsp3) is 0.636. The molecule has 1 aliphatic carbocycles. The lowest BCUT2D eigenvalue weighted by molar-refractivity contribution is -0.131. The molecule has 1 heterocycles. The molecule has 3 rings (SSSR count). The molecule has 0 saturated heterocycles. The molecule has 3 unspecified atom stereocenters. The summed E-state index contributed by atoms with van der Waals surface area (Å²) in [4.78, 5) is 20.0. The summed E-state index contributed by atoms with van der Waals surface area (Å²) in [5, 5.41) is 2.98. The van der Waals surface area contributed by atoms with Crippen LogP contribution in [-0.4, -0.2) is 35.1 Å². The Morgan fingerprint density at radius 2 is 2.15 bits per heavy atom. The van der Waals surface area contributed by atoms with E-state index < -0.39 is 0 Å². The van der Waals surface area contributed by atoms with Gasteiger partial charge < -0.3 is 15.0 Å². The third kappa shape index (κ3) is 5.55. The summed E-state index contributed by atoms with van der Waals surface area (Å²) in [6.07, 6.45) is 5.46. The lowest BCUT2D eigenvalue weighted by Gasteiger charge is -2.37. The third-order valence-corrected chi connectivity index (χ3v) is 5.74. The van der Waals surface area contributed by atoms with Gasteiger partial charge in [0.2, 0.25) is 5.91 Å². The van der Waals surface area contributed by atoms with Crippen LogP contribution in [0.4, 0.5) is 0 Å². The highest BCUT2D eigenvalue weighted by atomic mass is 16.5. The number of carbonyl (C=O) groups excluding carboxylic acids is 1. The van der Waals surface area contributed by atoms with Crippen LogP contribution in [0.25, 0.3) is 11.0 Å². The van der Waals surface area contributed by atoms with Crippen molar-refractivity contribution in [2.45, 2.75) is 59.0 Å². The fourth-order valence-electron chi connectivity index (χ4n) is 4.15. The van der Waals surface area contributed by atoms with Gasteiger partial charge in [-0.15, -0.1) is 0 Å². The van der Waals surface area contributed by atoms with Gasteiger partial charge >= 0.3 is 0 Å². The van der Waals surface area contributed by atoms with Crippen LogP contribution in [0.3, 0.4) is 0 Å². The first-order valence-electron chi connectivity index (χ1n) is 10.3. The molecule has 27 heavy (non-hydrogen) atoms. The van der Waals surface area contributed by atoms with E-state index in [1.807, 2.05) is 24.3 Å². The van der Waals surface area contributed by atoms with E-state index >= 15 is 0 Å². The van der Waals surface area contributed by atoms with Crippen molar-refractivity contribution in [2.75, 3.05) is 13.2 Å². The van der Waals surface area contributed by atoms with Crippen LogP contribution < -0.4 is 5.32 Å². The Hall–Kier alpha value is -1.88. The Morgan fingerprint density at radius 1 is 1.33 bits per heavy atom. The number of aromatic amines is 1. The van der Waals surface area contributed by atoms with Gasteiger partial charge in [-0.2, -0.15) is 0 Å². The molecule has 0 bridgehead atoms. The van der Waals surface area contributed by atoms with Gasteiger partial charge in [0, 0.05) is 13.0 Å². The second-order valence-corrected chi connectivity index (χ2v) is 8.33. The number of H-pyrrole nitrogens is 1. The van der Waals surface area contributed by atoms with Gasteiger partial charge in [-0.05, 0) is 49.1 Å². The number of amides is 1. The SMILES string of the molecule is CC1CCC(C(C)C)C(OCC(=O)NCCCc2nc3ccccc3[nH]2)C1. The predicted molar refractivity (Wildman–Crippen MR) is 109 cm³/mol. The zero-order valence-corrected chi connectivity index (χ0v) is 16.8. The molecule has 0 radical (unpaired) electrons. The van der Waals surface area contributed by atoms with Gasteiger partial charge in [-0.3, -0.25) is 4.79 Å². The van der Waals surface area contributed by atoms with Crippen molar-refractivity contribution in [3.63, 3.8) is 0 Å². The van der Waals surface area contributed by atoms with E-state index in [0.717, 1.165) is 36.1 Å². The normalized spacial score (nSPS) is 23.0. The van der Waals surface area contributed by atoms with E-state index in [1.165, 1.54) is 12.8 Å². The highest BCUT2D eigenvalue weighted by molar-refractivity contribution is 5.77. The number of fused-ring (bicyclic) bond motifs is 1. The van der Waals surface area contributed by atoms with Crippen molar-refractivity contribution in [2.24, 2.45) is 17.8 Å². The van der Waals surface area contributed by atoms with E-state index in [9.17, 15) is 4.79 Å². The van der Waals surface area contributed by atoms with Crippen LogP contribution >= 0.6 is 0 Å².